The first kappa shape index (κ1) is 14.3. The van der Waals surface area contributed by atoms with Crippen molar-refractivity contribution in [1.82, 2.24) is 5.32 Å². The van der Waals surface area contributed by atoms with Crippen LogP contribution >= 0.6 is 0 Å². The monoisotopic (exact) mass is 284 g/mol. The summed E-state index contributed by atoms with van der Waals surface area (Å²) in [6.45, 7) is 5.34. The van der Waals surface area contributed by atoms with E-state index in [1.165, 1.54) is 31.2 Å². The van der Waals surface area contributed by atoms with Gasteiger partial charge in [0.25, 0.3) is 0 Å². The maximum atomic E-state index is 11.2. The molecule has 0 radical (unpaired) electrons. The number of hydrogen-bond donors (Lipinski definition) is 1. The topological polar surface area (TPSA) is 41.5 Å². The van der Waals surface area contributed by atoms with Crippen LogP contribution in [0.15, 0.2) is 29.3 Å². The molecule has 2 aliphatic rings. The van der Waals surface area contributed by atoms with Crippen LogP contribution in [0.2, 0.25) is 0 Å². The molecule has 1 N–H and O–H groups in total. The van der Waals surface area contributed by atoms with Gasteiger partial charge in [-0.1, -0.05) is 26.0 Å². The van der Waals surface area contributed by atoms with E-state index in [1.54, 1.807) is 0 Å². The van der Waals surface area contributed by atoms with E-state index in [1.807, 2.05) is 0 Å². The van der Waals surface area contributed by atoms with Crippen molar-refractivity contribution in [3.05, 3.63) is 29.8 Å². The summed E-state index contributed by atoms with van der Waals surface area (Å²) in [5.41, 5.74) is 3.85. The van der Waals surface area contributed by atoms with Gasteiger partial charge in [-0.05, 0) is 54.7 Å². The first-order chi connectivity index (χ1) is 10.0. The highest BCUT2D eigenvalue weighted by Crippen LogP contribution is 2.42. The Bertz CT molecular complexity index is 547. The number of benzene rings is 1. The molecule has 3 nitrogen and oxygen atoms in total. The van der Waals surface area contributed by atoms with Gasteiger partial charge in [-0.2, -0.15) is 0 Å². The molecule has 2 fully saturated rings. The van der Waals surface area contributed by atoms with Crippen LogP contribution in [0.1, 0.15) is 57.4 Å². The zero-order chi connectivity index (χ0) is 14.9. The number of nitrogens with zero attached hydrogens (tertiary/aromatic N) is 1. The summed E-state index contributed by atoms with van der Waals surface area (Å²) in [4.78, 5) is 15.7. The Hall–Kier alpha value is -1.64. The first-order valence-electron chi connectivity index (χ1n) is 7.95. The van der Waals surface area contributed by atoms with Gasteiger partial charge >= 0.3 is 0 Å². The molecule has 3 heteroatoms. The molecule has 1 aromatic carbocycles. The molecule has 0 atom stereocenters. The third kappa shape index (κ3) is 3.52. The van der Waals surface area contributed by atoms with E-state index >= 15 is 0 Å². The van der Waals surface area contributed by atoms with E-state index in [0.717, 1.165) is 11.4 Å². The van der Waals surface area contributed by atoms with Gasteiger partial charge in [0, 0.05) is 5.71 Å². The molecule has 1 saturated heterocycles. The predicted molar refractivity (Wildman–Crippen MR) is 86.2 cm³/mol. The maximum absolute atomic E-state index is 11.2. The summed E-state index contributed by atoms with van der Waals surface area (Å²) in [7, 11) is 0. The van der Waals surface area contributed by atoms with Crippen molar-refractivity contribution in [2.75, 3.05) is 6.54 Å². The Balaban J connectivity index is 1.66. The molecule has 3 rings (SSSR count). The predicted octanol–water partition coefficient (Wildman–Crippen LogP) is 3.96. The highest BCUT2D eigenvalue weighted by Gasteiger charge is 2.27. The Morgan fingerprint density at radius 3 is 2.38 bits per heavy atom. The highest BCUT2D eigenvalue weighted by atomic mass is 16.1. The maximum Gasteiger partial charge on any atom is 0.226 e. The molecule has 1 amide bonds. The molecule has 0 spiro atoms. The normalized spacial score (nSPS) is 24.3. The van der Waals surface area contributed by atoms with Gasteiger partial charge in [-0.3, -0.25) is 9.79 Å². The quantitative estimate of drug-likeness (QED) is 0.877. The summed E-state index contributed by atoms with van der Waals surface area (Å²) in [5.74, 6) is 0.782. The molecule has 112 valence electrons. The van der Waals surface area contributed by atoms with E-state index in [-0.39, 0.29) is 5.91 Å². The standard InChI is InChI=1S/C18H24N2O/c1-18(2)9-7-14(8-10-18)13-3-5-15(6-4-13)20-16-11-17(21)19-12-16/h3-6,14H,7-12H2,1-2H3,(H,19,21)/b20-16-. The number of carbonyl (C=O) groups excluding carboxylic acids is 1. The third-order valence-electron chi connectivity index (χ3n) is 4.85. The summed E-state index contributed by atoms with van der Waals surface area (Å²) in [5, 5.41) is 2.79. The molecule has 0 bridgehead atoms. The lowest BCUT2D eigenvalue weighted by atomic mass is 9.71. The summed E-state index contributed by atoms with van der Waals surface area (Å²) in [6.07, 6.45) is 5.66. The lowest BCUT2D eigenvalue weighted by Crippen LogP contribution is -2.20. The second-order valence-corrected chi connectivity index (χ2v) is 7.16. The second kappa shape index (κ2) is 5.63. The fourth-order valence-electron chi connectivity index (χ4n) is 3.33. The molecule has 1 aromatic rings. The van der Waals surface area contributed by atoms with E-state index in [4.69, 9.17) is 0 Å². The first-order valence-corrected chi connectivity index (χ1v) is 7.95. The van der Waals surface area contributed by atoms with Gasteiger partial charge in [-0.15, -0.1) is 0 Å². The van der Waals surface area contributed by atoms with E-state index in [0.29, 0.717) is 24.3 Å². The Morgan fingerprint density at radius 1 is 1.14 bits per heavy atom. The van der Waals surface area contributed by atoms with Crippen molar-refractivity contribution >= 4 is 17.3 Å². The smallest absolute Gasteiger partial charge is 0.226 e. The minimum absolute atomic E-state index is 0.0789. The number of aliphatic imine (C=N–C) groups is 1. The van der Waals surface area contributed by atoms with Crippen LogP contribution in [-0.4, -0.2) is 18.2 Å². The van der Waals surface area contributed by atoms with Gasteiger partial charge in [0.15, 0.2) is 0 Å². The largest absolute Gasteiger partial charge is 0.350 e. The lowest BCUT2D eigenvalue weighted by Gasteiger charge is -2.34. The van der Waals surface area contributed by atoms with Crippen molar-refractivity contribution in [2.24, 2.45) is 10.4 Å². The van der Waals surface area contributed by atoms with Crippen LogP contribution in [0, 0.1) is 5.41 Å². The van der Waals surface area contributed by atoms with Crippen molar-refractivity contribution in [1.29, 1.82) is 0 Å². The van der Waals surface area contributed by atoms with Crippen molar-refractivity contribution in [3.63, 3.8) is 0 Å². The van der Waals surface area contributed by atoms with Gasteiger partial charge in [-0.25, -0.2) is 0 Å². The zero-order valence-electron chi connectivity index (χ0n) is 13.0. The minimum Gasteiger partial charge on any atom is -0.350 e. The number of amides is 1. The van der Waals surface area contributed by atoms with E-state index < -0.39 is 0 Å². The molecule has 1 aliphatic heterocycles. The molecule has 0 aromatic heterocycles. The van der Waals surface area contributed by atoms with Crippen LogP contribution in [0.25, 0.3) is 0 Å². The zero-order valence-corrected chi connectivity index (χ0v) is 13.0. The fourth-order valence-corrected chi connectivity index (χ4v) is 3.33. The van der Waals surface area contributed by atoms with Crippen molar-refractivity contribution in [2.45, 2.75) is 51.9 Å². The van der Waals surface area contributed by atoms with Crippen LogP contribution in [0.3, 0.4) is 0 Å². The molecular formula is C18H24N2O. The Kier molecular flexibility index (Phi) is 3.83. The fraction of sp³-hybridized carbons (Fsp3) is 0.556. The minimum atomic E-state index is 0.0789. The molecular weight excluding hydrogens is 260 g/mol. The van der Waals surface area contributed by atoms with Crippen molar-refractivity contribution in [3.8, 4) is 0 Å². The SMILES string of the molecule is CC1(C)CCC(c2ccc(/N=C3\CNC(=O)C3)cc2)CC1. The molecule has 0 unspecified atom stereocenters. The van der Waals surface area contributed by atoms with Crippen LogP contribution in [-0.2, 0) is 4.79 Å². The summed E-state index contributed by atoms with van der Waals surface area (Å²) < 4.78 is 0. The molecule has 1 aliphatic carbocycles. The summed E-state index contributed by atoms with van der Waals surface area (Å²) >= 11 is 0. The van der Waals surface area contributed by atoms with Gasteiger partial charge in [0.05, 0.1) is 18.7 Å². The average molecular weight is 284 g/mol. The third-order valence-corrected chi connectivity index (χ3v) is 4.85. The van der Waals surface area contributed by atoms with Gasteiger partial charge in [0.2, 0.25) is 5.91 Å². The van der Waals surface area contributed by atoms with Crippen LogP contribution < -0.4 is 5.32 Å². The lowest BCUT2D eigenvalue weighted by molar-refractivity contribution is -0.118. The van der Waals surface area contributed by atoms with E-state index in [2.05, 4.69) is 48.4 Å². The number of rotatable bonds is 2. The average Bonchev–Trinajstić information content (AvgIpc) is 2.85. The molecule has 21 heavy (non-hydrogen) atoms. The Labute approximate surface area is 126 Å². The van der Waals surface area contributed by atoms with Crippen LogP contribution in [0.4, 0.5) is 5.69 Å². The number of hydrogen-bond acceptors (Lipinski definition) is 2. The molecule has 1 saturated carbocycles. The van der Waals surface area contributed by atoms with Crippen LogP contribution in [0.5, 0.6) is 0 Å². The van der Waals surface area contributed by atoms with E-state index in [9.17, 15) is 4.79 Å². The van der Waals surface area contributed by atoms with Gasteiger partial charge < -0.3 is 5.32 Å². The van der Waals surface area contributed by atoms with Gasteiger partial charge in [0.1, 0.15) is 0 Å². The number of nitrogens with one attached hydrogen (secondary N) is 1. The second-order valence-electron chi connectivity index (χ2n) is 7.16. The number of carbonyl (C=O) groups is 1. The molecule has 1 heterocycles. The van der Waals surface area contributed by atoms with Crippen molar-refractivity contribution < 1.29 is 4.79 Å². The highest BCUT2D eigenvalue weighted by molar-refractivity contribution is 6.09. The summed E-state index contributed by atoms with van der Waals surface area (Å²) in [6, 6.07) is 8.61. The Morgan fingerprint density at radius 2 is 1.81 bits per heavy atom.